The maximum atomic E-state index is 12.8. The van der Waals surface area contributed by atoms with Crippen molar-refractivity contribution in [3.8, 4) is 0 Å². The summed E-state index contributed by atoms with van der Waals surface area (Å²) in [6, 6.07) is 0. The first kappa shape index (κ1) is 60.9. The van der Waals surface area contributed by atoms with Gasteiger partial charge < -0.3 is 39.4 Å². The number of unbranched alkanes of at least 4 members (excludes halogenated alkanes) is 23. The van der Waals surface area contributed by atoms with Crippen LogP contribution in [0, 0.1) is 0 Å². The average molecular weight is 931 g/mol. The lowest BCUT2D eigenvalue weighted by Crippen LogP contribution is -2.60. The van der Waals surface area contributed by atoms with Crippen LogP contribution in [0.4, 0.5) is 0 Å². The highest BCUT2D eigenvalue weighted by molar-refractivity contribution is 5.73. The number of carboxylic acid groups (broad SMARTS) is 1. The first-order valence-electron chi connectivity index (χ1n) is 26.3. The summed E-state index contributed by atoms with van der Waals surface area (Å²) in [7, 11) is 0. The molecule has 1 rings (SSSR count). The van der Waals surface area contributed by atoms with Crippen LogP contribution in [-0.2, 0) is 33.3 Å². The molecule has 0 aliphatic carbocycles. The van der Waals surface area contributed by atoms with Crippen molar-refractivity contribution in [1.82, 2.24) is 0 Å². The predicted molar refractivity (Wildman–Crippen MR) is 266 cm³/mol. The average Bonchev–Trinajstić information content (AvgIpc) is 3.30. The number of aliphatic hydroxyl groups excluding tert-OH is 3. The van der Waals surface area contributed by atoms with E-state index >= 15 is 0 Å². The summed E-state index contributed by atoms with van der Waals surface area (Å²) >= 11 is 0. The van der Waals surface area contributed by atoms with E-state index in [1.54, 1.807) is 0 Å². The molecule has 380 valence electrons. The van der Waals surface area contributed by atoms with E-state index in [9.17, 15) is 34.8 Å². The summed E-state index contributed by atoms with van der Waals surface area (Å²) in [5, 5.41) is 40.0. The van der Waals surface area contributed by atoms with Crippen LogP contribution >= 0.6 is 0 Å². The van der Waals surface area contributed by atoms with Crippen molar-refractivity contribution in [1.29, 1.82) is 0 Å². The van der Waals surface area contributed by atoms with Crippen molar-refractivity contribution in [3.05, 3.63) is 60.8 Å². The molecule has 11 heteroatoms. The molecule has 1 fully saturated rings. The number of esters is 2. The highest BCUT2D eigenvalue weighted by Gasteiger charge is 2.47. The van der Waals surface area contributed by atoms with Crippen LogP contribution < -0.4 is 0 Å². The highest BCUT2D eigenvalue weighted by Crippen LogP contribution is 2.23. The van der Waals surface area contributed by atoms with Crippen LogP contribution in [0.15, 0.2) is 60.8 Å². The summed E-state index contributed by atoms with van der Waals surface area (Å²) < 4.78 is 21.8. The number of carbonyl (C=O) groups excluding carboxylic acids is 2. The number of allylic oxidation sites excluding steroid dienone is 10. The topological polar surface area (TPSA) is 169 Å². The SMILES string of the molecule is CCCCC/C=C\C/C=C\C/C=C\CCCCCCCCC(=O)OCC(COC1OC(C(=O)O)C(O)C(O)C1O)OC(=O)CCCCCCCCCCC/C=C\C/C=C\CCCCCCC. The molecule has 0 saturated carbocycles. The molecule has 66 heavy (non-hydrogen) atoms. The summed E-state index contributed by atoms with van der Waals surface area (Å²) in [6.45, 7) is 3.78. The number of ether oxygens (including phenoxy) is 4. The van der Waals surface area contributed by atoms with E-state index in [0.29, 0.717) is 12.8 Å². The number of carboxylic acids is 1. The third-order valence-electron chi connectivity index (χ3n) is 11.8. The Labute approximate surface area is 400 Å². The molecule has 0 spiro atoms. The second kappa shape index (κ2) is 44.4. The number of hydrogen-bond acceptors (Lipinski definition) is 10. The Morgan fingerprint density at radius 3 is 1.30 bits per heavy atom. The summed E-state index contributed by atoms with van der Waals surface area (Å²) in [4.78, 5) is 37.0. The van der Waals surface area contributed by atoms with Gasteiger partial charge in [0.2, 0.25) is 0 Å². The predicted octanol–water partition coefficient (Wildman–Crippen LogP) is 12.7. The lowest BCUT2D eigenvalue weighted by Gasteiger charge is -2.38. The number of hydrogen-bond donors (Lipinski definition) is 4. The van der Waals surface area contributed by atoms with Gasteiger partial charge in [0.05, 0.1) is 6.61 Å². The van der Waals surface area contributed by atoms with Gasteiger partial charge in [-0.3, -0.25) is 9.59 Å². The molecule has 4 N–H and O–H groups in total. The molecule has 1 saturated heterocycles. The maximum absolute atomic E-state index is 12.8. The zero-order valence-electron chi connectivity index (χ0n) is 41.4. The van der Waals surface area contributed by atoms with E-state index in [2.05, 4.69) is 74.6 Å². The van der Waals surface area contributed by atoms with Crippen LogP contribution in [0.3, 0.4) is 0 Å². The molecule has 11 nitrogen and oxygen atoms in total. The van der Waals surface area contributed by atoms with Gasteiger partial charge in [-0.2, -0.15) is 0 Å². The quantitative estimate of drug-likeness (QED) is 0.0261. The third kappa shape index (κ3) is 35.1. The Morgan fingerprint density at radius 1 is 0.470 bits per heavy atom. The summed E-state index contributed by atoms with van der Waals surface area (Å²) in [6.07, 6.45) is 46.9. The van der Waals surface area contributed by atoms with E-state index in [-0.39, 0.29) is 19.4 Å². The Hall–Kier alpha value is -3.09. The number of carbonyl (C=O) groups is 3. The number of aliphatic hydroxyl groups is 3. The van der Waals surface area contributed by atoms with Gasteiger partial charge in [0, 0.05) is 12.8 Å². The molecule has 1 aliphatic heterocycles. The Morgan fingerprint density at radius 2 is 0.848 bits per heavy atom. The minimum Gasteiger partial charge on any atom is -0.479 e. The van der Waals surface area contributed by atoms with Crippen molar-refractivity contribution >= 4 is 17.9 Å². The van der Waals surface area contributed by atoms with Crippen molar-refractivity contribution in [2.75, 3.05) is 13.2 Å². The third-order valence-corrected chi connectivity index (χ3v) is 11.8. The molecule has 0 aromatic rings. The fraction of sp³-hybridized carbons (Fsp3) is 0.764. The van der Waals surface area contributed by atoms with Gasteiger partial charge in [0.1, 0.15) is 24.9 Å². The van der Waals surface area contributed by atoms with Gasteiger partial charge in [-0.25, -0.2) is 4.79 Å². The first-order valence-corrected chi connectivity index (χ1v) is 26.3. The van der Waals surface area contributed by atoms with Gasteiger partial charge in [0.15, 0.2) is 18.5 Å². The van der Waals surface area contributed by atoms with Crippen LogP contribution in [-0.4, -0.2) is 88.4 Å². The molecule has 0 amide bonds. The van der Waals surface area contributed by atoms with Crippen molar-refractivity contribution in [3.63, 3.8) is 0 Å². The molecule has 0 radical (unpaired) electrons. The van der Waals surface area contributed by atoms with Crippen LogP contribution in [0.25, 0.3) is 0 Å². The van der Waals surface area contributed by atoms with Crippen LogP contribution in [0.5, 0.6) is 0 Å². The summed E-state index contributed by atoms with van der Waals surface area (Å²) in [5.74, 6) is -2.46. The maximum Gasteiger partial charge on any atom is 0.335 e. The van der Waals surface area contributed by atoms with E-state index in [1.807, 2.05) is 0 Å². The second-order valence-corrected chi connectivity index (χ2v) is 18.0. The van der Waals surface area contributed by atoms with Gasteiger partial charge in [0.25, 0.3) is 0 Å². The zero-order valence-corrected chi connectivity index (χ0v) is 41.4. The Bertz CT molecular complexity index is 1320. The Balaban J connectivity index is 2.31. The van der Waals surface area contributed by atoms with Crippen molar-refractivity contribution in [2.24, 2.45) is 0 Å². The molecule has 1 aliphatic rings. The monoisotopic (exact) mass is 931 g/mol. The van der Waals surface area contributed by atoms with Crippen molar-refractivity contribution in [2.45, 2.75) is 256 Å². The van der Waals surface area contributed by atoms with Gasteiger partial charge in [-0.05, 0) is 83.5 Å². The van der Waals surface area contributed by atoms with Crippen LogP contribution in [0.2, 0.25) is 0 Å². The van der Waals surface area contributed by atoms with Gasteiger partial charge in [-0.15, -0.1) is 0 Å². The zero-order chi connectivity index (χ0) is 48.1. The fourth-order valence-corrected chi connectivity index (χ4v) is 7.68. The van der Waals surface area contributed by atoms with E-state index in [4.69, 9.17) is 18.9 Å². The Kier molecular flexibility index (Phi) is 41.0. The second-order valence-electron chi connectivity index (χ2n) is 18.0. The number of rotatable bonds is 44. The van der Waals surface area contributed by atoms with E-state index in [1.165, 1.54) is 96.3 Å². The normalized spacial score (nSPS) is 19.6. The molecule has 1 heterocycles. The smallest absolute Gasteiger partial charge is 0.335 e. The van der Waals surface area contributed by atoms with Crippen molar-refractivity contribution < 1.29 is 53.8 Å². The highest BCUT2D eigenvalue weighted by atomic mass is 16.7. The standard InChI is InChI=1S/C55H94O11/c1-3-5-7-9-11-13-15-17-19-21-23-24-26-28-30-32-34-36-38-40-42-44-49(57)65-47(46-64-55-52(60)50(58)51(59)53(66-55)54(61)62)45-63-48(56)43-41-39-37-35-33-31-29-27-25-22-20-18-16-14-12-10-8-6-4-2/h12,14-15,17-18,20-21,23,25,27,47,50-53,55,58-60H,3-11,13,16,19,22,24,26,28-46H2,1-2H3,(H,61,62)/b14-12-,17-15-,20-18-,23-21-,27-25-. The van der Waals surface area contributed by atoms with Crippen LogP contribution in [0.1, 0.15) is 219 Å². The molecule has 0 aromatic heterocycles. The molecular weight excluding hydrogens is 837 g/mol. The summed E-state index contributed by atoms with van der Waals surface area (Å²) in [5.41, 5.74) is 0. The molecule has 0 bridgehead atoms. The molecular formula is C55H94O11. The lowest BCUT2D eigenvalue weighted by molar-refractivity contribution is -0.298. The molecule has 0 aromatic carbocycles. The largest absolute Gasteiger partial charge is 0.479 e. The van der Waals surface area contributed by atoms with E-state index in [0.717, 1.165) is 83.5 Å². The minimum absolute atomic E-state index is 0.173. The molecule has 6 atom stereocenters. The molecule has 6 unspecified atom stereocenters. The van der Waals surface area contributed by atoms with Gasteiger partial charge in [-0.1, -0.05) is 184 Å². The minimum atomic E-state index is -1.87. The number of aliphatic carboxylic acids is 1. The first-order chi connectivity index (χ1) is 32.2. The van der Waals surface area contributed by atoms with E-state index < -0.39 is 61.3 Å². The van der Waals surface area contributed by atoms with Gasteiger partial charge >= 0.3 is 17.9 Å². The fourth-order valence-electron chi connectivity index (χ4n) is 7.68. The lowest BCUT2D eigenvalue weighted by atomic mass is 9.99.